The Hall–Kier alpha value is -19.1. The predicted molar refractivity (Wildman–Crippen MR) is 652 cm³/mol. The average molecular weight is 1930 g/mol. The summed E-state index contributed by atoms with van der Waals surface area (Å²) in [7, 11) is 12.8. The van der Waals surface area contributed by atoms with Gasteiger partial charge >= 0.3 is 0 Å². The predicted octanol–water partition coefficient (Wildman–Crippen LogP) is 39.6. The van der Waals surface area contributed by atoms with Crippen LogP contribution in [0, 0.1) is 0 Å². The van der Waals surface area contributed by atoms with Gasteiger partial charge in [0.1, 0.15) is 0 Å². The summed E-state index contributed by atoms with van der Waals surface area (Å²) in [5, 5.41) is 30.8. The van der Waals surface area contributed by atoms with Crippen LogP contribution in [0.2, 0.25) is 0 Å². The second kappa shape index (κ2) is 44.2. The molecule has 0 aliphatic carbocycles. The first-order valence-corrected chi connectivity index (χ1v) is 51.4. The summed E-state index contributed by atoms with van der Waals surface area (Å²) in [4.78, 5) is 13.5. The van der Waals surface area contributed by atoms with Crippen molar-refractivity contribution >= 4 is 198 Å². The van der Waals surface area contributed by atoms with Gasteiger partial charge in [0.05, 0.1) is 0 Å². The molecule has 6 nitrogen and oxygen atoms in total. The fourth-order valence-electron chi connectivity index (χ4n) is 20.8. The highest BCUT2D eigenvalue weighted by Gasteiger charge is 2.18. The number of hydrogen-bond donors (Lipinski definition) is 0. The van der Waals surface area contributed by atoms with E-state index in [1.807, 2.05) is 6.07 Å². The third-order valence-electron chi connectivity index (χ3n) is 29.2. The zero-order valence-electron chi connectivity index (χ0n) is 85.1. The van der Waals surface area contributed by atoms with E-state index in [0.29, 0.717) is 0 Å². The summed E-state index contributed by atoms with van der Waals surface area (Å²) in [5.74, 6) is 0. The first-order valence-electron chi connectivity index (χ1n) is 51.4. The minimum absolute atomic E-state index is 1.18. The molecule has 0 amide bonds. The molecule has 27 aromatic carbocycles. The van der Waals surface area contributed by atoms with Crippen molar-refractivity contribution < 1.29 is 0 Å². The Morgan fingerprint density at radius 3 is 0.707 bits per heavy atom. The Morgan fingerprint density at radius 1 is 0.100 bits per heavy atom. The lowest BCUT2D eigenvalue weighted by Gasteiger charge is -2.23. The van der Waals surface area contributed by atoms with Crippen molar-refractivity contribution in [2.24, 2.45) is 0 Å². The summed E-state index contributed by atoms with van der Waals surface area (Å²) in [6.45, 7) is 0. The highest BCUT2D eigenvalue weighted by atomic mass is 15.1. The summed E-state index contributed by atoms with van der Waals surface area (Å²) in [6.07, 6.45) is 0. The molecule has 0 aliphatic heterocycles. The highest BCUT2D eigenvalue weighted by Crippen LogP contribution is 2.43. The molecule has 0 fully saturated rings. The molecule has 0 aliphatic rings. The second-order valence-corrected chi connectivity index (χ2v) is 38.2. The van der Waals surface area contributed by atoms with Crippen LogP contribution >= 0.6 is 0 Å². The second-order valence-electron chi connectivity index (χ2n) is 38.2. The number of nitrogens with zero attached hydrogens (tertiary/aromatic N) is 6. The maximum absolute atomic E-state index is 2.28. The Kier molecular flexibility index (Phi) is 28.2. The van der Waals surface area contributed by atoms with Crippen molar-refractivity contribution in [3.05, 3.63) is 582 Å². The molecule has 0 heterocycles. The van der Waals surface area contributed by atoms with E-state index in [0.717, 1.165) is 0 Å². The molecule has 0 bridgehead atoms. The number of para-hydroxylation sites is 2. The van der Waals surface area contributed by atoms with E-state index >= 15 is 0 Å². The van der Waals surface area contributed by atoms with E-state index in [-0.39, 0.29) is 0 Å². The van der Waals surface area contributed by atoms with Crippen LogP contribution in [0.15, 0.2) is 582 Å². The standard InChI is InChI=1S/3C27H21N.3C21H17N/c1-28(27-14-8-7-13-26(27)20-9-3-2-4-10-20)23-17-18-25-22(19-23)16-15-21-11-5-6-12-24(21)25;1-28(24-12-7-11-22(18-24)20-8-3-2-4-9-20)25-16-17-27-23(19-25)15-14-21-10-5-6-13-26(21)27;1-28(24-15-13-21(14-16-24)20-7-3-2-4-8-20)25-17-18-27-23(19-25)12-11-22-9-5-6-10-26(22)27;1-22(20-14-6-10-16-8-2-4-12-18(16)20)21-15-7-11-17-9-3-5-13-19(17)21;1-22(20-12-10-16-6-2-4-8-18(16)14-20)21-13-11-17-7-3-5-9-19(17)15-21;1-22(18-8-3-2-4-9-18)19-13-14-21-17(15-19)12-11-16-7-5-6-10-20(16)21/h3*2-19H,1H3;3*2-15H,1H3. The molecule has 0 atom stereocenters. The van der Waals surface area contributed by atoms with E-state index in [1.54, 1.807) is 0 Å². The van der Waals surface area contributed by atoms with Crippen molar-refractivity contribution in [1.82, 2.24) is 0 Å². The van der Waals surface area contributed by atoms with Gasteiger partial charge in [0.15, 0.2) is 0 Å². The number of benzene rings is 27. The van der Waals surface area contributed by atoms with Gasteiger partial charge in [-0.05, 0) is 274 Å². The first-order chi connectivity index (χ1) is 73.9. The number of fused-ring (bicyclic) bond motifs is 16. The van der Waals surface area contributed by atoms with Gasteiger partial charge in [0.25, 0.3) is 0 Å². The molecule has 0 unspecified atom stereocenters. The van der Waals surface area contributed by atoms with Gasteiger partial charge in [0.2, 0.25) is 0 Å². The fourth-order valence-corrected chi connectivity index (χ4v) is 20.8. The first kappa shape index (κ1) is 95.7. The fraction of sp³-hybridized carbons (Fsp3) is 0.0417. The molecule has 0 saturated heterocycles. The third kappa shape index (κ3) is 20.9. The molecule has 720 valence electrons. The van der Waals surface area contributed by atoms with Gasteiger partial charge in [-0.1, -0.05) is 455 Å². The number of anilines is 12. The van der Waals surface area contributed by atoms with Gasteiger partial charge < -0.3 is 29.4 Å². The van der Waals surface area contributed by atoms with E-state index in [1.165, 1.54) is 231 Å². The number of hydrogen-bond acceptors (Lipinski definition) is 6. The van der Waals surface area contributed by atoms with Crippen molar-refractivity contribution in [2.45, 2.75) is 0 Å². The van der Waals surface area contributed by atoms with Gasteiger partial charge in [-0.2, -0.15) is 0 Å². The monoisotopic (exact) mass is 1930 g/mol. The van der Waals surface area contributed by atoms with E-state index in [2.05, 4.69) is 648 Å². The minimum atomic E-state index is 1.18. The van der Waals surface area contributed by atoms with Crippen LogP contribution < -0.4 is 29.4 Å². The van der Waals surface area contributed by atoms with E-state index in [9.17, 15) is 0 Å². The molecular weight excluding hydrogens is 1810 g/mol. The maximum Gasteiger partial charge on any atom is 0.0487 e. The Labute approximate surface area is 878 Å². The van der Waals surface area contributed by atoms with Crippen LogP contribution in [0.5, 0.6) is 0 Å². The lowest BCUT2D eigenvalue weighted by molar-refractivity contribution is 1.21. The smallest absolute Gasteiger partial charge is 0.0487 e. The average Bonchev–Trinajstić information content (AvgIpc) is 0.785. The molecule has 27 rings (SSSR count). The highest BCUT2D eigenvalue weighted by molar-refractivity contribution is 6.13. The van der Waals surface area contributed by atoms with Gasteiger partial charge in [-0.15, -0.1) is 0 Å². The van der Waals surface area contributed by atoms with Crippen LogP contribution in [0.4, 0.5) is 68.2 Å². The molecule has 0 radical (unpaired) electrons. The Bertz CT molecular complexity index is 9300. The summed E-state index contributed by atoms with van der Waals surface area (Å²) >= 11 is 0. The maximum atomic E-state index is 2.28. The van der Waals surface area contributed by atoms with Crippen LogP contribution in [-0.2, 0) is 0 Å². The third-order valence-corrected chi connectivity index (χ3v) is 29.2. The van der Waals surface area contributed by atoms with Crippen LogP contribution in [0.25, 0.3) is 163 Å². The van der Waals surface area contributed by atoms with Crippen LogP contribution in [-0.4, -0.2) is 42.3 Å². The van der Waals surface area contributed by atoms with Crippen molar-refractivity contribution in [3.63, 3.8) is 0 Å². The van der Waals surface area contributed by atoms with Crippen molar-refractivity contribution in [2.75, 3.05) is 71.7 Å². The van der Waals surface area contributed by atoms with Gasteiger partial charge in [-0.3, -0.25) is 0 Å². The molecule has 0 spiro atoms. The normalized spacial score (nSPS) is 11.0. The topological polar surface area (TPSA) is 19.4 Å². The van der Waals surface area contributed by atoms with Crippen LogP contribution in [0.3, 0.4) is 0 Å². The molecule has 6 heteroatoms. The molecule has 150 heavy (non-hydrogen) atoms. The van der Waals surface area contributed by atoms with E-state index < -0.39 is 0 Å². The van der Waals surface area contributed by atoms with Crippen molar-refractivity contribution in [3.8, 4) is 33.4 Å². The summed E-state index contributed by atoms with van der Waals surface area (Å²) < 4.78 is 0. The molecular formula is C144H114N6. The van der Waals surface area contributed by atoms with Gasteiger partial charge in [-0.25, -0.2) is 0 Å². The quantitative estimate of drug-likeness (QED) is 0.0946. The summed E-state index contributed by atoms with van der Waals surface area (Å²) in [6, 6.07) is 207. The van der Waals surface area contributed by atoms with Crippen molar-refractivity contribution in [1.29, 1.82) is 0 Å². The van der Waals surface area contributed by atoms with Gasteiger partial charge in [0, 0.05) is 127 Å². The number of rotatable bonds is 15. The lowest BCUT2D eigenvalue weighted by atomic mass is 10.0. The molecule has 0 N–H and O–H groups in total. The molecule has 0 saturated carbocycles. The molecule has 0 aromatic heterocycles. The Balaban J connectivity index is 0.000000102. The zero-order valence-corrected chi connectivity index (χ0v) is 85.1. The zero-order chi connectivity index (χ0) is 102. The molecule has 27 aromatic rings. The lowest BCUT2D eigenvalue weighted by Crippen LogP contribution is -2.10. The SMILES string of the molecule is CN(c1ccc(-c2ccccc2)cc1)c1ccc2c(ccc3ccccc32)c1.CN(c1ccc2c(ccc3ccccc32)c1)c1ccccc1-c1ccccc1.CN(c1ccc2ccccc2c1)c1ccc2ccccc2c1.CN(c1cccc(-c2ccccc2)c1)c1ccc2c(ccc3ccccc32)c1.CN(c1cccc2ccccc12)c1cccc2ccccc12.CN(c1ccccc1)c1ccc2c(ccc3ccccc32)c1. The summed E-state index contributed by atoms with van der Waals surface area (Å²) in [5.41, 5.74) is 21.8. The minimum Gasteiger partial charge on any atom is -0.345 e. The van der Waals surface area contributed by atoms with Crippen LogP contribution in [0.1, 0.15) is 0 Å². The Morgan fingerprint density at radius 2 is 0.313 bits per heavy atom. The van der Waals surface area contributed by atoms with E-state index in [4.69, 9.17) is 0 Å². The largest absolute Gasteiger partial charge is 0.345 e.